The molecule has 0 saturated carbocycles. The number of carbonyl (C=O) groups excluding carboxylic acids is 2. The molecule has 126 valence electrons. The summed E-state index contributed by atoms with van der Waals surface area (Å²) < 4.78 is 0. The van der Waals surface area contributed by atoms with Gasteiger partial charge < -0.3 is 14.7 Å². The number of amides is 2. The van der Waals surface area contributed by atoms with E-state index >= 15 is 0 Å². The number of carbonyl (C=O) groups is 2. The molecule has 1 heterocycles. The topological polar surface area (TPSA) is 43.9 Å². The fraction of sp³-hybridized carbons (Fsp3) is 0.556. The molecular formula is C18H27N3O2. The van der Waals surface area contributed by atoms with Gasteiger partial charge in [0.15, 0.2) is 0 Å². The minimum Gasteiger partial charge on any atom is -0.342 e. The molecule has 2 rings (SSSR count). The van der Waals surface area contributed by atoms with E-state index in [9.17, 15) is 9.59 Å². The molecule has 2 amide bonds. The van der Waals surface area contributed by atoms with Crippen LogP contribution in [0.1, 0.15) is 40.5 Å². The minimum atomic E-state index is 0.0112. The Morgan fingerprint density at radius 2 is 1.61 bits per heavy atom. The van der Waals surface area contributed by atoms with Gasteiger partial charge in [-0.15, -0.1) is 0 Å². The molecule has 1 aromatic rings. The molecule has 1 aliphatic rings. The van der Waals surface area contributed by atoms with Crippen LogP contribution in [0.25, 0.3) is 0 Å². The van der Waals surface area contributed by atoms with Crippen LogP contribution in [-0.2, 0) is 0 Å². The molecule has 1 fully saturated rings. The highest BCUT2D eigenvalue weighted by Gasteiger charge is 2.20. The first-order chi connectivity index (χ1) is 11.0. The predicted molar refractivity (Wildman–Crippen MR) is 91.7 cm³/mol. The van der Waals surface area contributed by atoms with Gasteiger partial charge in [0.1, 0.15) is 0 Å². The summed E-state index contributed by atoms with van der Waals surface area (Å²) in [6, 6.07) is 7.05. The Balaban J connectivity index is 1.98. The predicted octanol–water partition coefficient (Wildman–Crippen LogP) is 1.95. The van der Waals surface area contributed by atoms with E-state index in [1.165, 1.54) is 0 Å². The van der Waals surface area contributed by atoms with Crippen LogP contribution in [0.4, 0.5) is 0 Å². The van der Waals surface area contributed by atoms with Crippen LogP contribution in [0.15, 0.2) is 24.3 Å². The molecule has 1 aliphatic heterocycles. The van der Waals surface area contributed by atoms with Crippen molar-refractivity contribution in [3.8, 4) is 0 Å². The molecule has 0 aromatic heterocycles. The normalized spacial score (nSPS) is 15.5. The van der Waals surface area contributed by atoms with Gasteiger partial charge in [0.05, 0.1) is 0 Å². The van der Waals surface area contributed by atoms with Crippen LogP contribution in [0, 0.1) is 0 Å². The van der Waals surface area contributed by atoms with Gasteiger partial charge in [-0.2, -0.15) is 0 Å². The molecule has 0 spiro atoms. The Morgan fingerprint density at radius 3 is 2.17 bits per heavy atom. The first-order valence-corrected chi connectivity index (χ1v) is 8.36. The van der Waals surface area contributed by atoms with E-state index in [0.29, 0.717) is 11.1 Å². The maximum absolute atomic E-state index is 12.5. The Bertz CT molecular complexity index is 534. The highest BCUT2D eigenvalue weighted by molar-refractivity contribution is 5.97. The highest BCUT2D eigenvalue weighted by Crippen LogP contribution is 2.11. The number of hydrogen-bond donors (Lipinski definition) is 0. The van der Waals surface area contributed by atoms with Gasteiger partial charge in [-0.25, -0.2) is 0 Å². The number of rotatable bonds is 5. The second kappa shape index (κ2) is 8.11. The van der Waals surface area contributed by atoms with Gasteiger partial charge in [0, 0.05) is 50.9 Å². The first-order valence-electron chi connectivity index (χ1n) is 8.36. The summed E-state index contributed by atoms with van der Waals surface area (Å²) in [7, 11) is 3.89. The van der Waals surface area contributed by atoms with Crippen LogP contribution in [-0.4, -0.2) is 73.3 Å². The molecule has 5 heteroatoms. The zero-order valence-corrected chi connectivity index (χ0v) is 14.4. The van der Waals surface area contributed by atoms with E-state index in [2.05, 4.69) is 18.9 Å². The molecule has 1 saturated heterocycles. The summed E-state index contributed by atoms with van der Waals surface area (Å²) >= 11 is 0. The van der Waals surface area contributed by atoms with Crippen molar-refractivity contribution in [1.82, 2.24) is 14.7 Å². The van der Waals surface area contributed by atoms with Gasteiger partial charge >= 0.3 is 0 Å². The zero-order chi connectivity index (χ0) is 16.8. The van der Waals surface area contributed by atoms with Gasteiger partial charge in [-0.05, 0) is 37.7 Å². The minimum absolute atomic E-state index is 0.0112. The van der Waals surface area contributed by atoms with Crippen molar-refractivity contribution < 1.29 is 9.59 Å². The third-order valence-corrected chi connectivity index (χ3v) is 4.36. The third kappa shape index (κ3) is 4.55. The summed E-state index contributed by atoms with van der Waals surface area (Å²) in [4.78, 5) is 30.6. The van der Waals surface area contributed by atoms with Gasteiger partial charge in [0.25, 0.3) is 11.8 Å². The van der Waals surface area contributed by atoms with Gasteiger partial charge in [-0.3, -0.25) is 9.59 Å². The fourth-order valence-electron chi connectivity index (χ4n) is 2.66. The number of likely N-dealkylation sites (N-methyl/N-ethyl adjacent to an activating group) is 1. The Hall–Kier alpha value is -1.88. The first kappa shape index (κ1) is 17.5. The number of benzene rings is 1. The second-order valence-corrected chi connectivity index (χ2v) is 6.25. The molecule has 0 aliphatic carbocycles. The Morgan fingerprint density at radius 1 is 1.04 bits per heavy atom. The van der Waals surface area contributed by atoms with Crippen molar-refractivity contribution in [3.63, 3.8) is 0 Å². The van der Waals surface area contributed by atoms with Gasteiger partial charge in [0.2, 0.25) is 0 Å². The van der Waals surface area contributed by atoms with E-state index in [-0.39, 0.29) is 11.8 Å². The van der Waals surface area contributed by atoms with Crippen LogP contribution in [0.3, 0.4) is 0 Å². The standard InChI is InChI=1S/C18H27N3O2/c1-4-5-10-20(3)17(22)15-6-8-16(9-7-15)18(23)21-13-11-19(2)12-14-21/h6-9H,4-5,10-14H2,1-3H3. The lowest BCUT2D eigenvalue weighted by molar-refractivity contribution is 0.0663. The number of unbranched alkanes of at least 4 members (excludes halogenated alkanes) is 1. The summed E-state index contributed by atoms with van der Waals surface area (Å²) in [5, 5.41) is 0. The maximum Gasteiger partial charge on any atom is 0.253 e. The van der Waals surface area contributed by atoms with Crippen molar-refractivity contribution in [2.75, 3.05) is 46.8 Å². The molecule has 0 N–H and O–H groups in total. The molecule has 1 aromatic carbocycles. The molecular weight excluding hydrogens is 290 g/mol. The fourth-order valence-corrected chi connectivity index (χ4v) is 2.66. The van der Waals surface area contributed by atoms with Crippen molar-refractivity contribution in [1.29, 1.82) is 0 Å². The van der Waals surface area contributed by atoms with E-state index in [4.69, 9.17) is 0 Å². The Labute approximate surface area is 138 Å². The second-order valence-electron chi connectivity index (χ2n) is 6.25. The lowest BCUT2D eigenvalue weighted by atomic mass is 10.1. The Kier molecular flexibility index (Phi) is 6.16. The van der Waals surface area contributed by atoms with Crippen LogP contribution in [0.2, 0.25) is 0 Å². The van der Waals surface area contributed by atoms with Crippen molar-refractivity contribution in [3.05, 3.63) is 35.4 Å². The number of piperazine rings is 1. The van der Waals surface area contributed by atoms with E-state index in [0.717, 1.165) is 45.6 Å². The van der Waals surface area contributed by atoms with Gasteiger partial charge in [-0.1, -0.05) is 13.3 Å². The average molecular weight is 317 g/mol. The average Bonchev–Trinajstić information content (AvgIpc) is 2.59. The molecule has 0 radical (unpaired) electrons. The largest absolute Gasteiger partial charge is 0.342 e. The van der Waals surface area contributed by atoms with E-state index in [1.54, 1.807) is 29.2 Å². The van der Waals surface area contributed by atoms with Crippen LogP contribution < -0.4 is 0 Å². The summed E-state index contributed by atoms with van der Waals surface area (Å²) in [5.41, 5.74) is 1.29. The molecule has 23 heavy (non-hydrogen) atoms. The number of nitrogens with zero attached hydrogens (tertiary/aromatic N) is 3. The molecule has 0 unspecified atom stereocenters. The molecule has 0 atom stereocenters. The van der Waals surface area contributed by atoms with Crippen molar-refractivity contribution >= 4 is 11.8 Å². The quantitative estimate of drug-likeness (QED) is 0.834. The maximum atomic E-state index is 12.5. The van der Waals surface area contributed by atoms with Crippen LogP contribution >= 0.6 is 0 Å². The summed E-state index contributed by atoms with van der Waals surface area (Å²) in [5.74, 6) is 0.0634. The third-order valence-electron chi connectivity index (χ3n) is 4.36. The molecule has 5 nitrogen and oxygen atoms in total. The highest BCUT2D eigenvalue weighted by atomic mass is 16.2. The number of hydrogen-bond acceptors (Lipinski definition) is 3. The zero-order valence-electron chi connectivity index (χ0n) is 14.4. The summed E-state index contributed by atoms with van der Waals surface area (Å²) in [6.45, 7) is 6.20. The van der Waals surface area contributed by atoms with Crippen LogP contribution in [0.5, 0.6) is 0 Å². The monoisotopic (exact) mass is 317 g/mol. The lowest BCUT2D eigenvalue weighted by Gasteiger charge is -2.32. The smallest absolute Gasteiger partial charge is 0.253 e. The van der Waals surface area contributed by atoms with Crippen molar-refractivity contribution in [2.24, 2.45) is 0 Å². The van der Waals surface area contributed by atoms with E-state index < -0.39 is 0 Å². The lowest BCUT2D eigenvalue weighted by Crippen LogP contribution is -2.47. The molecule has 0 bridgehead atoms. The van der Waals surface area contributed by atoms with Crippen molar-refractivity contribution in [2.45, 2.75) is 19.8 Å². The SMILES string of the molecule is CCCCN(C)C(=O)c1ccc(C(=O)N2CCN(C)CC2)cc1. The van der Waals surface area contributed by atoms with E-state index in [1.807, 2.05) is 11.9 Å². The summed E-state index contributed by atoms with van der Waals surface area (Å²) in [6.07, 6.45) is 2.07.